The van der Waals surface area contributed by atoms with Crippen molar-refractivity contribution >= 4 is 17.9 Å². The highest BCUT2D eigenvalue weighted by Crippen LogP contribution is 2.13. The third kappa shape index (κ3) is 6.33. The Labute approximate surface area is 132 Å². The molecule has 0 spiro atoms. The normalized spacial score (nSPS) is 10.5. The van der Waals surface area contributed by atoms with E-state index in [9.17, 15) is 18.0 Å². The highest BCUT2D eigenvalue weighted by atomic mass is 19.4. The number of alkyl halides is 3. The minimum Gasteiger partial charge on any atom is -0.475 e. The van der Waals surface area contributed by atoms with Gasteiger partial charge in [0.15, 0.2) is 0 Å². The van der Waals surface area contributed by atoms with Crippen LogP contribution in [0.1, 0.15) is 11.5 Å². The highest BCUT2D eigenvalue weighted by Gasteiger charge is 2.38. The van der Waals surface area contributed by atoms with Crippen molar-refractivity contribution < 1.29 is 32.4 Å². The Hall–Kier alpha value is -3.12. The van der Waals surface area contributed by atoms with Gasteiger partial charge < -0.3 is 14.9 Å². The van der Waals surface area contributed by atoms with Gasteiger partial charge in [-0.2, -0.15) is 18.2 Å². The average Bonchev–Trinajstić information content (AvgIpc) is 3.07. The van der Waals surface area contributed by atoms with Crippen LogP contribution in [0, 0.1) is 6.92 Å². The molecule has 0 saturated carbocycles. The molecule has 0 aliphatic rings. The molecule has 10 nitrogen and oxygen atoms in total. The molecule has 3 N–H and O–H groups in total. The maximum Gasteiger partial charge on any atom is 0.490 e. The van der Waals surface area contributed by atoms with Gasteiger partial charge in [-0.15, -0.1) is 5.10 Å². The van der Waals surface area contributed by atoms with Crippen LogP contribution < -0.4 is 10.6 Å². The predicted octanol–water partition coefficient (Wildman–Crippen LogP) is 1.07. The predicted molar refractivity (Wildman–Crippen MR) is 71.8 cm³/mol. The van der Waals surface area contributed by atoms with Gasteiger partial charge >= 0.3 is 18.2 Å². The number of nitrogens with one attached hydrogen (secondary N) is 2. The Morgan fingerprint density at radius 1 is 1.42 bits per heavy atom. The molecule has 0 bridgehead atoms. The van der Waals surface area contributed by atoms with Crippen molar-refractivity contribution in [3.8, 4) is 0 Å². The monoisotopic (exact) mass is 350 g/mol. The van der Waals surface area contributed by atoms with Gasteiger partial charge in [0, 0.05) is 13.1 Å². The fourth-order valence-corrected chi connectivity index (χ4v) is 1.16. The third-order valence-electron chi connectivity index (χ3n) is 2.37. The van der Waals surface area contributed by atoms with Crippen LogP contribution in [0.2, 0.25) is 0 Å². The second-order valence-electron chi connectivity index (χ2n) is 4.21. The molecule has 0 saturated heterocycles. The number of halogens is 3. The quantitative estimate of drug-likeness (QED) is 0.753. The molecule has 0 aliphatic heterocycles. The first-order valence-electron chi connectivity index (χ1n) is 6.21. The van der Waals surface area contributed by atoms with Crippen molar-refractivity contribution in [3.05, 3.63) is 23.8 Å². The molecule has 24 heavy (non-hydrogen) atoms. The summed E-state index contributed by atoms with van der Waals surface area (Å²) in [6.07, 6.45) is -3.64. The van der Waals surface area contributed by atoms with Crippen LogP contribution in [-0.2, 0) is 18.4 Å². The fourth-order valence-electron chi connectivity index (χ4n) is 1.16. The van der Waals surface area contributed by atoms with Gasteiger partial charge in [0.2, 0.25) is 5.95 Å². The Bertz CT molecular complexity index is 663. The van der Waals surface area contributed by atoms with Gasteiger partial charge in [0.05, 0.1) is 6.54 Å². The van der Waals surface area contributed by atoms with Gasteiger partial charge in [-0.3, -0.25) is 10.00 Å². The molecule has 0 radical (unpaired) electrons. The van der Waals surface area contributed by atoms with Gasteiger partial charge in [-0.1, -0.05) is 5.16 Å². The molecule has 0 aromatic carbocycles. The van der Waals surface area contributed by atoms with Crippen LogP contribution in [0.25, 0.3) is 0 Å². The number of rotatable bonds is 3. The second kappa shape index (κ2) is 7.94. The SMILES string of the molecule is Cc1nc(NC(=O)NCc2ccon2)nn1C.O=C(O)C(F)(F)F. The number of nitrogens with zero attached hydrogens (tertiary/aromatic N) is 4. The Kier molecular flexibility index (Phi) is 6.26. The summed E-state index contributed by atoms with van der Waals surface area (Å²) < 4.78 is 37.9. The van der Waals surface area contributed by atoms with E-state index in [4.69, 9.17) is 9.90 Å². The van der Waals surface area contributed by atoms with Crippen molar-refractivity contribution in [1.29, 1.82) is 0 Å². The van der Waals surface area contributed by atoms with E-state index in [0.29, 0.717) is 5.69 Å². The number of carboxylic acids is 1. The molecule has 0 fully saturated rings. The fraction of sp³-hybridized carbons (Fsp3) is 0.364. The van der Waals surface area contributed by atoms with Crippen LogP contribution in [-0.4, -0.2) is 43.2 Å². The minimum atomic E-state index is -5.08. The van der Waals surface area contributed by atoms with Crippen molar-refractivity contribution in [1.82, 2.24) is 25.2 Å². The Balaban J connectivity index is 0.000000351. The smallest absolute Gasteiger partial charge is 0.475 e. The summed E-state index contributed by atoms with van der Waals surface area (Å²) in [4.78, 5) is 24.4. The summed E-state index contributed by atoms with van der Waals surface area (Å²) in [6, 6.07) is 1.28. The Morgan fingerprint density at radius 2 is 2.04 bits per heavy atom. The average molecular weight is 350 g/mol. The summed E-state index contributed by atoms with van der Waals surface area (Å²) >= 11 is 0. The van der Waals surface area contributed by atoms with Crippen molar-refractivity contribution in [2.45, 2.75) is 19.6 Å². The molecule has 13 heteroatoms. The molecule has 2 amide bonds. The molecule has 0 atom stereocenters. The number of aromatic nitrogens is 4. The number of aryl methyl sites for hydroxylation is 2. The lowest BCUT2D eigenvalue weighted by molar-refractivity contribution is -0.192. The minimum absolute atomic E-state index is 0.266. The van der Waals surface area contributed by atoms with Gasteiger partial charge in [0.25, 0.3) is 0 Å². The summed E-state index contributed by atoms with van der Waals surface area (Å²) in [5, 5.41) is 19.9. The number of aliphatic carboxylic acids is 1. The molecule has 2 aromatic heterocycles. The van der Waals surface area contributed by atoms with Crippen LogP contribution in [0.5, 0.6) is 0 Å². The van der Waals surface area contributed by atoms with E-state index in [0.717, 1.165) is 5.82 Å². The molecular formula is C11H13F3N6O4. The number of anilines is 1. The highest BCUT2D eigenvalue weighted by molar-refractivity contribution is 5.87. The van der Waals surface area contributed by atoms with Crippen LogP contribution in [0.4, 0.5) is 23.9 Å². The lowest BCUT2D eigenvalue weighted by atomic mass is 10.4. The number of hydrogen-bond donors (Lipinski definition) is 3. The molecular weight excluding hydrogens is 337 g/mol. The van der Waals surface area contributed by atoms with E-state index in [1.54, 1.807) is 24.7 Å². The van der Waals surface area contributed by atoms with E-state index in [2.05, 4.69) is 30.4 Å². The first-order chi connectivity index (χ1) is 11.1. The first-order valence-corrected chi connectivity index (χ1v) is 6.21. The maximum atomic E-state index is 11.5. The number of carbonyl (C=O) groups excluding carboxylic acids is 1. The maximum absolute atomic E-state index is 11.5. The van der Waals surface area contributed by atoms with Crippen LogP contribution >= 0.6 is 0 Å². The molecule has 132 valence electrons. The van der Waals surface area contributed by atoms with Gasteiger partial charge in [0.1, 0.15) is 17.8 Å². The zero-order valence-electron chi connectivity index (χ0n) is 12.5. The van der Waals surface area contributed by atoms with Crippen molar-refractivity contribution in [2.24, 2.45) is 7.05 Å². The Morgan fingerprint density at radius 3 is 2.46 bits per heavy atom. The van der Waals surface area contributed by atoms with Gasteiger partial charge in [-0.05, 0) is 6.92 Å². The van der Waals surface area contributed by atoms with E-state index < -0.39 is 18.2 Å². The molecule has 2 aromatic rings. The molecule has 2 heterocycles. The molecule has 2 rings (SSSR count). The van der Waals surface area contributed by atoms with E-state index >= 15 is 0 Å². The zero-order valence-corrected chi connectivity index (χ0v) is 12.5. The zero-order chi connectivity index (χ0) is 18.3. The number of amides is 2. The number of carboxylic acid groups (broad SMARTS) is 1. The lowest BCUT2D eigenvalue weighted by Crippen LogP contribution is -2.28. The lowest BCUT2D eigenvalue weighted by Gasteiger charge is -2.01. The molecule has 0 aliphatic carbocycles. The van der Waals surface area contributed by atoms with Crippen molar-refractivity contribution in [2.75, 3.05) is 5.32 Å². The van der Waals surface area contributed by atoms with Gasteiger partial charge in [-0.25, -0.2) is 9.59 Å². The number of urea groups is 1. The standard InChI is InChI=1S/C9H12N6O2.C2HF3O2/c1-6-11-8(13-15(6)2)12-9(16)10-5-7-3-4-17-14-7;3-2(4,5)1(6)7/h3-4H,5H2,1-2H3,(H2,10,12,13,16);(H,6,7). The van der Waals surface area contributed by atoms with Crippen LogP contribution in [0.15, 0.2) is 16.9 Å². The second-order valence-corrected chi connectivity index (χ2v) is 4.21. The summed E-state index contributed by atoms with van der Waals surface area (Å²) in [5.74, 6) is -1.77. The van der Waals surface area contributed by atoms with E-state index in [1.165, 1.54) is 6.26 Å². The summed E-state index contributed by atoms with van der Waals surface area (Å²) in [7, 11) is 1.75. The summed E-state index contributed by atoms with van der Waals surface area (Å²) in [5.41, 5.74) is 0.644. The van der Waals surface area contributed by atoms with E-state index in [1.807, 2.05) is 0 Å². The van der Waals surface area contributed by atoms with Crippen LogP contribution in [0.3, 0.4) is 0 Å². The number of hydrogen-bond acceptors (Lipinski definition) is 6. The first kappa shape index (κ1) is 18.9. The largest absolute Gasteiger partial charge is 0.490 e. The third-order valence-corrected chi connectivity index (χ3v) is 2.37. The van der Waals surface area contributed by atoms with E-state index in [-0.39, 0.29) is 12.5 Å². The summed E-state index contributed by atoms with van der Waals surface area (Å²) in [6.45, 7) is 2.08. The van der Waals surface area contributed by atoms with Crippen molar-refractivity contribution in [3.63, 3.8) is 0 Å². The molecule has 0 unspecified atom stereocenters. The number of carbonyl (C=O) groups is 2. The topological polar surface area (TPSA) is 135 Å².